The van der Waals surface area contributed by atoms with Crippen molar-refractivity contribution in [1.82, 2.24) is 4.98 Å². The molecule has 0 aliphatic heterocycles. The largest absolute Gasteiger partial charge is 0.298 e. The molecule has 0 aliphatic carbocycles. The van der Waals surface area contributed by atoms with Crippen LogP contribution in [0.2, 0.25) is 0 Å². The van der Waals surface area contributed by atoms with Crippen molar-refractivity contribution in [3.63, 3.8) is 0 Å². The molecule has 0 N–H and O–H groups in total. The number of halogens is 1. The number of Topliss-reactive ketones (excluding diaryl/α,β-unsaturated/α-hetero) is 1. The van der Waals surface area contributed by atoms with E-state index in [1.165, 1.54) is 0 Å². The van der Waals surface area contributed by atoms with Gasteiger partial charge in [-0.05, 0) is 12.1 Å². The van der Waals surface area contributed by atoms with Crippen LogP contribution in [0.3, 0.4) is 0 Å². The fraction of sp³-hybridized carbons (Fsp3) is 0.167. The van der Waals surface area contributed by atoms with Gasteiger partial charge < -0.3 is 0 Å². The van der Waals surface area contributed by atoms with E-state index in [9.17, 15) is 4.79 Å². The van der Waals surface area contributed by atoms with Crippen molar-refractivity contribution in [2.24, 2.45) is 0 Å². The molecule has 1 aromatic carbocycles. The van der Waals surface area contributed by atoms with Crippen LogP contribution in [0.5, 0.6) is 0 Å². The van der Waals surface area contributed by atoms with Crippen LogP contribution in [0.4, 0.5) is 0 Å². The average molecular weight is 264 g/mol. The number of alkyl halides is 1. The maximum absolute atomic E-state index is 11.2. The van der Waals surface area contributed by atoms with Crippen LogP contribution in [-0.4, -0.2) is 16.1 Å². The minimum absolute atomic E-state index is 0.151. The van der Waals surface area contributed by atoms with Crippen LogP contribution in [0.15, 0.2) is 36.4 Å². The van der Waals surface area contributed by atoms with Crippen LogP contribution in [0.25, 0.3) is 10.9 Å². The molecule has 2 rings (SSSR count). The predicted octanol–water partition coefficient (Wildman–Crippen LogP) is 2.74. The Labute approximate surface area is 96.5 Å². The van der Waals surface area contributed by atoms with Gasteiger partial charge in [-0.15, -0.1) is 0 Å². The summed E-state index contributed by atoms with van der Waals surface area (Å²) in [5.41, 5.74) is 1.77. The Morgan fingerprint density at radius 3 is 2.80 bits per heavy atom. The minimum Gasteiger partial charge on any atom is -0.298 e. The number of hydrogen-bond acceptors (Lipinski definition) is 2. The number of pyridine rings is 1. The maximum Gasteiger partial charge on any atom is 0.149 e. The highest BCUT2D eigenvalue weighted by molar-refractivity contribution is 9.09. The van der Waals surface area contributed by atoms with Crippen molar-refractivity contribution >= 4 is 32.6 Å². The van der Waals surface area contributed by atoms with Crippen LogP contribution >= 0.6 is 15.9 Å². The molecule has 1 heterocycles. The van der Waals surface area contributed by atoms with E-state index in [0.29, 0.717) is 11.8 Å². The molecule has 0 saturated carbocycles. The summed E-state index contributed by atoms with van der Waals surface area (Å²) < 4.78 is 0. The molecule has 0 atom stereocenters. The lowest BCUT2D eigenvalue weighted by atomic mass is 10.1. The third-order valence-electron chi connectivity index (χ3n) is 2.18. The van der Waals surface area contributed by atoms with Crippen molar-refractivity contribution in [3.8, 4) is 0 Å². The van der Waals surface area contributed by atoms with Gasteiger partial charge in [-0.2, -0.15) is 0 Å². The molecule has 2 aromatic rings. The zero-order valence-corrected chi connectivity index (χ0v) is 9.70. The topological polar surface area (TPSA) is 30.0 Å². The van der Waals surface area contributed by atoms with Gasteiger partial charge in [-0.1, -0.05) is 40.2 Å². The third-order valence-corrected chi connectivity index (χ3v) is 2.81. The van der Waals surface area contributed by atoms with Crippen LogP contribution in [0, 0.1) is 0 Å². The highest BCUT2D eigenvalue weighted by atomic mass is 79.9. The van der Waals surface area contributed by atoms with Crippen molar-refractivity contribution in [2.75, 3.05) is 5.33 Å². The number of benzene rings is 1. The molecule has 0 radical (unpaired) electrons. The maximum atomic E-state index is 11.2. The summed E-state index contributed by atoms with van der Waals surface area (Å²) in [6, 6.07) is 11.8. The third kappa shape index (κ3) is 2.42. The van der Waals surface area contributed by atoms with Crippen molar-refractivity contribution in [1.29, 1.82) is 0 Å². The fourth-order valence-corrected chi connectivity index (χ4v) is 1.65. The zero-order valence-electron chi connectivity index (χ0n) is 8.11. The average Bonchev–Trinajstić information content (AvgIpc) is 2.29. The SMILES string of the molecule is O=C(CBr)Cc1ccc2ccccc2n1. The summed E-state index contributed by atoms with van der Waals surface area (Å²) in [5, 5.41) is 1.49. The minimum atomic E-state index is 0.151. The first-order chi connectivity index (χ1) is 7.29. The van der Waals surface area contributed by atoms with E-state index in [4.69, 9.17) is 0 Å². The number of carbonyl (C=O) groups is 1. The zero-order chi connectivity index (χ0) is 10.7. The highest BCUT2D eigenvalue weighted by Crippen LogP contribution is 2.12. The molecule has 0 aliphatic rings. The smallest absolute Gasteiger partial charge is 0.149 e. The van der Waals surface area contributed by atoms with E-state index >= 15 is 0 Å². The second kappa shape index (κ2) is 4.53. The summed E-state index contributed by atoms with van der Waals surface area (Å²) in [5.74, 6) is 0.151. The first-order valence-electron chi connectivity index (χ1n) is 4.72. The normalized spacial score (nSPS) is 10.5. The molecule has 0 bridgehead atoms. The van der Waals surface area contributed by atoms with Crippen molar-refractivity contribution < 1.29 is 4.79 Å². The standard InChI is InChI=1S/C12H10BrNO/c13-8-11(15)7-10-6-5-9-3-1-2-4-12(9)14-10/h1-6H,7-8H2. The Morgan fingerprint density at radius 2 is 2.00 bits per heavy atom. The number of rotatable bonds is 3. The van der Waals surface area contributed by atoms with Gasteiger partial charge in [0.15, 0.2) is 0 Å². The van der Waals surface area contributed by atoms with Gasteiger partial charge in [0.05, 0.1) is 10.8 Å². The monoisotopic (exact) mass is 263 g/mol. The fourth-order valence-electron chi connectivity index (χ4n) is 1.46. The van der Waals surface area contributed by atoms with Gasteiger partial charge in [0.1, 0.15) is 5.78 Å². The van der Waals surface area contributed by atoms with Gasteiger partial charge in [-0.3, -0.25) is 9.78 Å². The molecular formula is C12H10BrNO. The number of fused-ring (bicyclic) bond motifs is 1. The molecule has 2 nitrogen and oxygen atoms in total. The summed E-state index contributed by atoms with van der Waals surface area (Å²) in [6.07, 6.45) is 0.399. The number of nitrogens with zero attached hydrogens (tertiary/aromatic N) is 1. The summed E-state index contributed by atoms with van der Waals surface area (Å²) in [4.78, 5) is 15.7. The summed E-state index contributed by atoms with van der Waals surface area (Å²) in [6.45, 7) is 0. The Balaban J connectivity index is 2.34. The molecule has 0 fully saturated rings. The number of aromatic nitrogens is 1. The second-order valence-electron chi connectivity index (χ2n) is 3.34. The van der Waals surface area contributed by atoms with E-state index in [1.807, 2.05) is 36.4 Å². The van der Waals surface area contributed by atoms with Crippen molar-refractivity contribution in [3.05, 3.63) is 42.1 Å². The van der Waals surface area contributed by atoms with Gasteiger partial charge in [0.25, 0.3) is 0 Å². The number of hydrogen-bond donors (Lipinski definition) is 0. The molecule has 1 aromatic heterocycles. The highest BCUT2D eigenvalue weighted by Gasteiger charge is 2.03. The molecule has 15 heavy (non-hydrogen) atoms. The first-order valence-corrected chi connectivity index (χ1v) is 5.84. The van der Waals surface area contributed by atoms with Crippen LogP contribution < -0.4 is 0 Å². The molecule has 0 spiro atoms. The lowest BCUT2D eigenvalue weighted by molar-refractivity contribution is -0.115. The molecule has 76 valence electrons. The van der Waals surface area contributed by atoms with E-state index < -0.39 is 0 Å². The molecule has 0 saturated heterocycles. The number of para-hydroxylation sites is 1. The lowest BCUT2D eigenvalue weighted by Crippen LogP contribution is -2.04. The molecule has 0 amide bonds. The van der Waals surface area contributed by atoms with Crippen molar-refractivity contribution in [2.45, 2.75) is 6.42 Å². The van der Waals surface area contributed by atoms with Gasteiger partial charge in [0, 0.05) is 17.5 Å². The Bertz CT molecular complexity index is 496. The first kappa shape index (κ1) is 10.3. The second-order valence-corrected chi connectivity index (χ2v) is 3.91. The summed E-state index contributed by atoms with van der Waals surface area (Å²) >= 11 is 3.14. The Hall–Kier alpha value is -1.22. The summed E-state index contributed by atoms with van der Waals surface area (Å²) in [7, 11) is 0. The number of carbonyl (C=O) groups excluding carboxylic acids is 1. The Kier molecular flexibility index (Phi) is 3.11. The number of ketones is 1. The van der Waals surface area contributed by atoms with E-state index in [2.05, 4.69) is 20.9 Å². The van der Waals surface area contributed by atoms with Crippen LogP contribution in [0.1, 0.15) is 5.69 Å². The molecule has 3 heteroatoms. The lowest BCUT2D eigenvalue weighted by Gasteiger charge is -2.00. The van der Waals surface area contributed by atoms with E-state index in [-0.39, 0.29) is 5.78 Å². The van der Waals surface area contributed by atoms with Gasteiger partial charge >= 0.3 is 0 Å². The van der Waals surface area contributed by atoms with Gasteiger partial charge in [-0.25, -0.2) is 0 Å². The molecular weight excluding hydrogens is 254 g/mol. The van der Waals surface area contributed by atoms with E-state index in [1.54, 1.807) is 0 Å². The van der Waals surface area contributed by atoms with Gasteiger partial charge in [0.2, 0.25) is 0 Å². The van der Waals surface area contributed by atoms with Crippen LogP contribution in [-0.2, 0) is 11.2 Å². The molecule has 0 unspecified atom stereocenters. The quantitative estimate of drug-likeness (QED) is 0.798. The Morgan fingerprint density at radius 1 is 1.20 bits per heavy atom. The van der Waals surface area contributed by atoms with E-state index in [0.717, 1.165) is 16.6 Å². The predicted molar refractivity (Wildman–Crippen MR) is 64.2 cm³/mol.